The van der Waals surface area contributed by atoms with Gasteiger partial charge in [0.25, 0.3) is 0 Å². The second-order valence-corrected chi connectivity index (χ2v) is 4.93. The molecule has 0 saturated heterocycles. The summed E-state index contributed by atoms with van der Waals surface area (Å²) < 4.78 is 1.09. The van der Waals surface area contributed by atoms with E-state index >= 15 is 0 Å². The lowest BCUT2D eigenvalue weighted by atomic mass is 10.2. The van der Waals surface area contributed by atoms with E-state index in [1.165, 1.54) is 18.2 Å². The number of hydrogen-bond acceptors (Lipinski definition) is 4. The molecular formula is C13H9IN2O3. The van der Waals surface area contributed by atoms with Crippen LogP contribution in [0.2, 0.25) is 0 Å². The molecule has 5 nitrogen and oxygen atoms in total. The molecule has 0 heterocycles. The van der Waals surface area contributed by atoms with Crippen molar-refractivity contribution in [3.05, 3.63) is 51.6 Å². The van der Waals surface area contributed by atoms with E-state index < -0.39 is 5.97 Å². The molecule has 0 aromatic heterocycles. The third-order valence-corrected chi connectivity index (χ3v) is 3.04. The fourth-order valence-corrected chi connectivity index (χ4v) is 1.74. The number of halogens is 1. The van der Waals surface area contributed by atoms with Crippen molar-refractivity contribution in [3.63, 3.8) is 0 Å². The van der Waals surface area contributed by atoms with Crippen molar-refractivity contribution in [2.45, 2.75) is 0 Å². The molecule has 0 aliphatic heterocycles. The normalized spacial score (nSPS) is 10.8. The van der Waals surface area contributed by atoms with Crippen molar-refractivity contribution >= 4 is 39.9 Å². The van der Waals surface area contributed by atoms with E-state index in [0.717, 1.165) is 3.57 Å². The van der Waals surface area contributed by atoms with Gasteiger partial charge in [-0.2, -0.15) is 10.2 Å². The average molecular weight is 368 g/mol. The van der Waals surface area contributed by atoms with E-state index in [2.05, 4.69) is 32.8 Å². The van der Waals surface area contributed by atoms with Crippen LogP contribution >= 0.6 is 22.6 Å². The van der Waals surface area contributed by atoms with Crippen molar-refractivity contribution in [1.82, 2.24) is 0 Å². The highest BCUT2D eigenvalue weighted by molar-refractivity contribution is 14.1. The van der Waals surface area contributed by atoms with Gasteiger partial charge in [0.2, 0.25) is 0 Å². The molecule has 0 bridgehead atoms. The van der Waals surface area contributed by atoms with E-state index in [1.54, 1.807) is 0 Å². The lowest BCUT2D eigenvalue weighted by Crippen LogP contribution is -1.95. The number of hydrogen-bond donors (Lipinski definition) is 2. The standard InChI is InChI=1S/C13H9IN2O3/c14-8-1-3-9(4-2-8)15-16-10-5-6-12(17)11(7-10)13(18)19/h1-7,17H,(H,18,19). The summed E-state index contributed by atoms with van der Waals surface area (Å²) >= 11 is 2.19. The lowest BCUT2D eigenvalue weighted by molar-refractivity contribution is 0.0694. The first-order chi connectivity index (χ1) is 9.06. The number of carbonyl (C=O) groups is 1. The number of carboxylic acids is 1. The Morgan fingerprint density at radius 3 is 2.21 bits per heavy atom. The fraction of sp³-hybridized carbons (Fsp3) is 0. The number of benzene rings is 2. The zero-order valence-electron chi connectivity index (χ0n) is 9.62. The van der Waals surface area contributed by atoms with Crippen molar-refractivity contribution in [1.29, 1.82) is 0 Å². The van der Waals surface area contributed by atoms with Crippen LogP contribution in [0, 0.1) is 3.57 Å². The molecule has 0 fully saturated rings. The highest BCUT2D eigenvalue weighted by atomic mass is 127. The number of rotatable bonds is 3. The molecule has 19 heavy (non-hydrogen) atoms. The minimum Gasteiger partial charge on any atom is -0.507 e. The molecule has 2 rings (SSSR count). The summed E-state index contributed by atoms with van der Waals surface area (Å²) in [5.41, 5.74) is 0.846. The second kappa shape index (κ2) is 5.79. The molecule has 0 amide bonds. The third kappa shape index (κ3) is 3.50. The van der Waals surface area contributed by atoms with Gasteiger partial charge in [0.15, 0.2) is 0 Å². The van der Waals surface area contributed by atoms with Crippen molar-refractivity contribution < 1.29 is 15.0 Å². The fourth-order valence-electron chi connectivity index (χ4n) is 1.38. The molecule has 0 aliphatic rings. The second-order valence-electron chi connectivity index (χ2n) is 3.68. The number of azo groups is 1. The van der Waals surface area contributed by atoms with Crippen LogP contribution in [0.5, 0.6) is 5.75 Å². The Kier molecular flexibility index (Phi) is 4.10. The summed E-state index contributed by atoms with van der Waals surface area (Å²) in [5.74, 6) is -1.50. The summed E-state index contributed by atoms with van der Waals surface area (Å²) in [6.07, 6.45) is 0. The van der Waals surface area contributed by atoms with E-state index in [9.17, 15) is 9.90 Å². The molecule has 0 saturated carbocycles. The predicted octanol–water partition coefficient (Wildman–Crippen LogP) is 4.11. The first kappa shape index (κ1) is 13.5. The Morgan fingerprint density at radius 1 is 1.00 bits per heavy atom. The summed E-state index contributed by atoms with van der Waals surface area (Å²) in [4.78, 5) is 10.9. The van der Waals surface area contributed by atoms with Crippen molar-refractivity contribution in [3.8, 4) is 5.75 Å². The van der Waals surface area contributed by atoms with E-state index in [-0.39, 0.29) is 11.3 Å². The van der Waals surface area contributed by atoms with Crippen LogP contribution in [0.4, 0.5) is 11.4 Å². The minimum atomic E-state index is -1.20. The van der Waals surface area contributed by atoms with Gasteiger partial charge >= 0.3 is 5.97 Å². The van der Waals surface area contributed by atoms with Crippen LogP contribution < -0.4 is 0 Å². The first-order valence-corrected chi connectivity index (χ1v) is 6.38. The number of nitrogens with zero attached hydrogens (tertiary/aromatic N) is 2. The van der Waals surface area contributed by atoms with Gasteiger partial charge in [0.05, 0.1) is 11.4 Å². The van der Waals surface area contributed by atoms with Crippen LogP contribution in [-0.2, 0) is 0 Å². The number of aromatic hydroxyl groups is 1. The van der Waals surface area contributed by atoms with Crippen molar-refractivity contribution in [2.24, 2.45) is 10.2 Å². The zero-order valence-corrected chi connectivity index (χ0v) is 11.8. The monoisotopic (exact) mass is 368 g/mol. The van der Waals surface area contributed by atoms with Crippen molar-refractivity contribution in [2.75, 3.05) is 0 Å². The SMILES string of the molecule is O=C(O)c1cc(N=Nc2ccc(I)cc2)ccc1O. The Hall–Kier alpha value is -1.96. The molecule has 0 radical (unpaired) electrons. The number of phenols is 1. The summed E-state index contributed by atoms with van der Waals surface area (Å²) in [6.45, 7) is 0. The Labute approximate surface area is 122 Å². The molecule has 0 atom stereocenters. The minimum absolute atomic E-state index is 0.195. The van der Waals surface area contributed by atoms with E-state index in [4.69, 9.17) is 5.11 Å². The van der Waals surface area contributed by atoms with E-state index in [1.807, 2.05) is 24.3 Å². The maximum atomic E-state index is 10.9. The molecule has 96 valence electrons. The molecule has 6 heteroatoms. The Balaban J connectivity index is 2.26. The summed E-state index contributed by atoms with van der Waals surface area (Å²) in [6, 6.07) is 11.5. The maximum absolute atomic E-state index is 10.9. The molecule has 2 aromatic rings. The molecular weight excluding hydrogens is 359 g/mol. The smallest absolute Gasteiger partial charge is 0.339 e. The highest BCUT2D eigenvalue weighted by Gasteiger charge is 2.09. The van der Waals surface area contributed by atoms with Gasteiger partial charge in [-0.3, -0.25) is 0 Å². The van der Waals surface area contributed by atoms with Crippen LogP contribution in [0.3, 0.4) is 0 Å². The predicted molar refractivity (Wildman–Crippen MR) is 78.4 cm³/mol. The highest BCUT2D eigenvalue weighted by Crippen LogP contribution is 2.25. The molecule has 0 spiro atoms. The summed E-state index contributed by atoms with van der Waals surface area (Å²) in [5, 5.41) is 26.2. The van der Waals surface area contributed by atoms with Gasteiger partial charge < -0.3 is 10.2 Å². The van der Waals surface area contributed by atoms with Gasteiger partial charge in [-0.25, -0.2) is 4.79 Å². The lowest BCUT2D eigenvalue weighted by Gasteiger charge is -1.99. The molecule has 0 aliphatic carbocycles. The number of aromatic carboxylic acids is 1. The van der Waals surface area contributed by atoms with Crippen LogP contribution in [0.25, 0.3) is 0 Å². The van der Waals surface area contributed by atoms with Gasteiger partial charge in [-0.1, -0.05) is 0 Å². The van der Waals surface area contributed by atoms with Crippen LogP contribution in [0.15, 0.2) is 52.7 Å². The first-order valence-electron chi connectivity index (χ1n) is 5.30. The molecule has 0 unspecified atom stereocenters. The van der Waals surface area contributed by atoms with Gasteiger partial charge in [0, 0.05) is 3.57 Å². The maximum Gasteiger partial charge on any atom is 0.339 e. The topological polar surface area (TPSA) is 82.2 Å². The van der Waals surface area contributed by atoms with Gasteiger partial charge in [0.1, 0.15) is 11.3 Å². The number of carboxylic acid groups (broad SMARTS) is 1. The third-order valence-electron chi connectivity index (χ3n) is 2.32. The average Bonchev–Trinajstić information content (AvgIpc) is 2.39. The molecule has 2 N–H and O–H groups in total. The largest absolute Gasteiger partial charge is 0.507 e. The Morgan fingerprint density at radius 2 is 1.58 bits per heavy atom. The zero-order chi connectivity index (χ0) is 13.8. The van der Waals surface area contributed by atoms with E-state index in [0.29, 0.717) is 11.4 Å². The summed E-state index contributed by atoms with van der Waals surface area (Å²) in [7, 11) is 0. The Bertz CT molecular complexity index is 639. The quantitative estimate of drug-likeness (QED) is 0.632. The van der Waals surface area contributed by atoms with Crippen LogP contribution in [0.1, 0.15) is 10.4 Å². The van der Waals surface area contributed by atoms with Crippen LogP contribution in [-0.4, -0.2) is 16.2 Å². The van der Waals surface area contributed by atoms with Gasteiger partial charge in [-0.15, -0.1) is 0 Å². The van der Waals surface area contributed by atoms with Gasteiger partial charge in [-0.05, 0) is 65.1 Å². The molecule has 2 aromatic carbocycles.